The van der Waals surface area contributed by atoms with Crippen LogP contribution in [0.15, 0.2) is 78.9 Å². The molecule has 292 valence electrons. The fourth-order valence-corrected chi connectivity index (χ4v) is 6.54. The van der Waals surface area contributed by atoms with E-state index in [1.165, 1.54) is 6.92 Å². The van der Waals surface area contributed by atoms with Gasteiger partial charge < -0.3 is 43.2 Å². The molecule has 1 fully saturated rings. The number of benzene rings is 3. The third-order valence-electron chi connectivity index (χ3n) is 8.86. The number of rotatable bonds is 14. The summed E-state index contributed by atoms with van der Waals surface area (Å²) in [6, 6.07) is 22.9. The molecule has 7 atom stereocenters. The minimum Gasteiger partial charge on any atom is -0.463 e. The van der Waals surface area contributed by atoms with Gasteiger partial charge >= 0.3 is 35.9 Å². The summed E-state index contributed by atoms with van der Waals surface area (Å²) >= 11 is 0. The van der Waals surface area contributed by atoms with Gasteiger partial charge in [0.05, 0.1) is 6.10 Å². The molecule has 15 nitrogen and oxygen atoms in total. The Bertz CT molecular complexity index is 1820. The molecule has 55 heavy (non-hydrogen) atoms. The Morgan fingerprint density at radius 1 is 0.636 bits per heavy atom. The zero-order chi connectivity index (χ0) is 39.6. The van der Waals surface area contributed by atoms with Gasteiger partial charge in [0, 0.05) is 33.6 Å². The van der Waals surface area contributed by atoms with Crippen LogP contribution in [0, 0.1) is 0 Å². The lowest BCUT2D eigenvalue weighted by Crippen LogP contribution is -2.64. The highest BCUT2D eigenvalue weighted by Gasteiger charge is 2.53. The number of ether oxygens (including phenoxy) is 8. The van der Waals surface area contributed by atoms with Crippen LogP contribution in [-0.2, 0) is 68.5 Å². The van der Waals surface area contributed by atoms with Crippen molar-refractivity contribution in [2.24, 2.45) is 0 Å². The number of amides is 1. The zero-order valence-corrected chi connectivity index (χ0v) is 31.0. The van der Waals surface area contributed by atoms with E-state index >= 15 is 0 Å². The van der Waals surface area contributed by atoms with E-state index in [4.69, 9.17) is 37.9 Å². The fourth-order valence-electron chi connectivity index (χ4n) is 6.54. The number of alkyl carbamates (subject to hydrolysis) is 1. The van der Waals surface area contributed by atoms with E-state index in [0.717, 1.165) is 49.9 Å². The molecule has 15 heteroatoms. The van der Waals surface area contributed by atoms with E-state index in [2.05, 4.69) is 5.32 Å². The van der Waals surface area contributed by atoms with Gasteiger partial charge in [-0.25, -0.2) is 9.59 Å². The van der Waals surface area contributed by atoms with Gasteiger partial charge in [-0.2, -0.15) is 0 Å². The molecule has 1 saturated heterocycles. The highest BCUT2D eigenvalue weighted by molar-refractivity contribution is 5.82. The maximum atomic E-state index is 13.7. The first-order chi connectivity index (χ1) is 26.3. The largest absolute Gasteiger partial charge is 0.463 e. The van der Waals surface area contributed by atoms with Crippen molar-refractivity contribution in [1.29, 1.82) is 0 Å². The first-order valence-corrected chi connectivity index (χ1v) is 17.6. The van der Waals surface area contributed by atoms with E-state index in [1.807, 2.05) is 48.5 Å². The molecule has 3 aromatic rings. The van der Waals surface area contributed by atoms with Crippen molar-refractivity contribution in [3.8, 4) is 11.1 Å². The van der Waals surface area contributed by atoms with Gasteiger partial charge in [-0.05, 0) is 34.7 Å². The summed E-state index contributed by atoms with van der Waals surface area (Å²) in [6.45, 7) is 5.14. The summed E-state index contributed by atoms with van der Waals surface area (Å²) < 4.78 is 45.0. The first kappa shape index (κ1) is 40.4. The number of fused-ring (bicyclic) bond motifs is 3. The third-order valence-corrected chi connectivity index (χ3v) is 8.86. The van der Waals surface area contributed by atoms with Crippen LogP contribution >= 0.6 is 0 Å². The van der Waals surface area contributed by atoms with E-state index in [9.17, 15) is 28.8 Å². The molecule has 1 N–H and O–H groups in total. The summed E-state index contributed by atoms with van der Waals surface area (Å²) in [5.74, 6) is -4.36. The van der Waals surface area contributed by atoms with Crippen LogP contribution in [0.1, 0.15) is 57.2 Å². The molecule has 0 radical (unpaired) electrons. The van der Waals surface area contributed by atoms with Crippen molar-refractivity contribution >= 4 is 35.9 Å². The van der Waals surface area contributed by atoms with Crippen molar-refractivity contribution in [3.63, 3.8) is 0 Å². The maximum absolute atomic E-state index is 13.7. The molecular formula is C40H43NO14. The lowest BCUT2D eigenvalue weighted by atomic mass is 9.98. The average Bonchev–Trinajstić information content (AvgIpc) is 3.46. The first-order valence-electron chi connectivity index (χ1n) is 17.6. The van der Waals surface area contributed by atoms with E-state index < -0.39 is 85.4 Å². The molecule has 0 bridgehead atoms. The third kappa shape index (κ3) is 10.5. The second kappa shape index (κ2) is 18.5. The summed E-state index contributed by atoms with van der Waals surface area (Å²) in [6.07, 6.45) is -9.72. The highest BCUT2D eigenvalue weighted by atomic mass is 16.7. The molecule has 1 aliphatic carbocycles. The van der Waals surface area contributed by atoms with Gasteiger partial charge in [-0.1, -0.05) is 78.9 Å². The van der Waals surface area contributed by atoms with Crippen LogP contribution in [0.2, 0.25) is 0 Å². The Morgan fingerprint density at radius 2 is 1.18 bits per heavy atom. The number of carbonyl (C=O) groups excluding carboxylic acids is 6. The quantitative estimate of drug-likeness (QED) is 0.182. The van der Waals surface area contributed by atoms with Gasteiger partial charge in [0.15, 0.2) is 30.6 Å². The Morgan fingerprint density at radius 3 is 1.76 bits per heavy atom. The van der Waals surface area contributed by atoms with E-state index in [-0.39, 0.29) is 19.1 Å². The monoisotopic (exact) mass is 761 g/mol. The second-order valence-electron chi connectivity index (χ2n) is 12.9. The Hall–Kier alpha value is -5.80. The number of carbonyl (C=O) groups is 6. The van der Waals surface area contributed by atoms with Gasteiger partial charge in [0.1, 0.15) is 25.9 Å². The average molecular weight is 762 g/mol. The van der Waals surface area contributed by atoms with Crippen molar-refractivity contribution in [2.75, 3.05) is 13.2 Å². The smallest absolute Gasteiger partial charge is 0.407 e. The van der Waals surface area contributed by atoms with Crippen molar-refractivity contribution in [1.82, 2.24) is 5.32 Å². The van der Waals surface area contributed by atoms with Crippen LogP contribution in [0.25, 0.3) is 11.1 Å². The van der Waals surface area contributed by atoms with Crippen LogP contribution in [-0.4, -0.2) is 92.0 Å². The topological polar surface area (TPSA) is 188 Å². The number of nitrogens with one attached hydrogen (secondary N) is 1. The van der Waals surface area contributed by atoms with Crippen LogP contribution in [0.4, 0.5) is 4.79 Å². The molecule has 0 unspecified atom stereocenters. The Kier molecular flexibility index (Phi) is 13.6. The SMILES string of the molecule is CC(=O)OC[C@H]1O[C@@H](O[C@H](C)[C@H](NC(=O)OCC2c3ccccc3-c3ccccc32)C(=O)OCc2ccccc2)[C@H](OC(C)=O)[C@@H](OC(C)=O)[C@@H]1OC(C)=O. The van der Waals surface area contributed by atoms with E-state index in [0.29, 0.717) is 5.56 Å². The maximum Gasteiger partial charge on any atom is 0.407 e. The van der Waals surface area contributed by atoms with Crippen LogP contribution < -0.4 is 5.32 Å². The molecule has 1 amide bonds. The molecule has 0 saturated carbocycles. The second-order valence-corrected chi connectivity index (χ2v) is 12.9. The summed E-state index contributed by atoms with van der Waals surface area (Å²) in [5.41, 5.74) is 4.69. The fraction of sp³-hybridized carbons (Fsp3) is 0.400. The minimum absolute atomic E-state index is 0.0550. The Labute approximate surface area is 317 Å². The van der Waals surface area contributed by atoms with Gasteiger partial charge in [-0.3, -0.25) is 19.2 Å². The van der Waals surface area contributed by atoms with Crippen molar-refractivity contribution < 1.29 is 66.7 Å². The zero-order valence-electron chi connectivity index (χ0n) is 31.0. The normalized spacial score (nSPS) is 21.1. The standard InChI is InChI=1S/C40H43NO14/c1-22(51-39-37(54-26(5)45)36(53-25(4)44)35(52-24(3)43)33(55-39)21-48-23(2)42)34(38(46)49-19-27-13-7-6-8-14-27)41-40(47)50-20-32-30-17-11-9-15-28(30)29-16-10-12-18-31(29)32/h6-18,22,32-37,39H,19-21H2,1-5H3,(H,41,47)/t22-,33-,34+,35-,36+,37-,39-/m1/s1. The van der Waals surface area contributed by atoms with Crippen LogP contribution in [0.5, 0.6) is 0 Å². The molecule has 1 aliphatic heterocycles. The molecule has 5 rings (SSSR count). The van der Waals surface area contributed by atoms with Crippen molar-refractivity contribution in [3.05, 3.63) is 95.6 Å². The minimum atomic E-state index is -1.63. The highest BCUT2D eigenvalue weighted by Crippen LogP contribution is 2.44. The Balaban J connectivity index is 1.39. The van der Waals surface area contributed by atoms with Gasteiger partial charge in [-0.15, -0.1) is 0 Å². The predicted molar refractivity (Wildman–Crippen MR) is 191 cm³/mol. The lowest BCUT2D eigenvalue weighted by molar-refractivity contribution is -0.317. The number of hydrogen-bond acceptors (Lipinski definition) is 14. The summed E-state index contributed by atoms with van der Waals surface area (Å²) in [4.78, 5) is 75.7. The molecular weight excluding hydrogens is 718 g/mol. The van der Waals surface area contributed by atoms with Gasteiger partial charge in [0.2, 0.25) is 0 Å². The summed E-state index contributed by atoms with van der Waals surface area (Å²) in [5, 5.41) is 2.55. The van der Waals surface area contributed by atoms with Gasteiger partial charge in [0.25, 0.3) is 0 Å². The number of hydrogen-bond donors (Lipinski definition) is 1. The molecule has 3 aromatic carbocycles. The van der Waals surface area contributed by atoms with E-state index in [1.54, 1.807) is 30.3 Å². The molecule has 0 aromatic heterocycles. The van der Waals surface area contributed by atoms with Crippen molar-refractivity contribution in [2.45, 2.75) is 90.0 Å². The molecule has 2 aliphatic rings. The molecule has 0 spiro atoms. The summed E-state index contributed by atoms with van der Waals surface area (Å²) in [7, 11) is 0. The number of esters is 5. The lowest BCUT2D eigenvalue weighted by Gasteiger charge is -2.45. The molecule has 1 heterocycles. The predicted octanol–water partition coefficient (Wildman–Crippen LogP) is 4.13. The van der Waals surface area contributed by atoms with Crippen LogP contribution in [0.3, 0.4) is 0 Å².